The zero-order valence-electron chi connectivity index (χ0n) is 14.4. The molecule has 0 unspecified atom stereocenters. The number of aryl methyl sites for hydroxylation is 1. The van der Waals surface area contributed by atoms with Crippen molar-refractivity contribution in [1.82, 2.24) is 4.90 Å². The van der Waals surface area contributed by atoms with Crippen LogP contribution in [0.1, 0.15) is 67.4 Å². The quantitative estimate of drug-likeness (QED) is 0.744. The van der Waals surface area contributed by atoms with E-state index >= 15 is 0 Å². The molecule has 0 amide bonds. The van der Waals surface area contributed by atoms with Crippen LogP contribution >= 0.6 is 0 Å². The number of fused-ring (bicyclic) bond motifs is 1. The molecule has 3 nitrogen and oxygen atoms in total. The minimum atomic E-state index is -0.207. The third kappa shape index (κ3) is 3.35. The fraction of sp³-hybridized carbons (Fsp3) is 0.632. The number of esters is 1. The molecule has 0 aromatic heterocycles. The second kappa shape index (κ2) is 7.77. The maximum Gasteiger partial charge on any atom is 0.338 e. The van der Waals surface area contributed by atoms with Crippen molar-refractivity contribution in [3.8, 4) is 0 Å². The van der Waals surface area contributed by atoms with E-state index in [0.29, 0.717) is 12.0 Å². The Bertz CT molecular complexity index is 506. The Kier molecular flexibility index (Phi) is 6.01. The van der Waals surface area contributed by atoms with Gasteiger partial charge >= 0.3 is 5.97 Å². The summed E-state index contributed by atoms with van der Waals surface area (Å²) in [6, 6.07) is 6.58. The van der Waals surface area contributed by atoms with E-state index in [-0.39, 0.29) is 5.97 Å². The Balaban J connectivity index is 2.35. The van der Waals surface area contributed by atoms with E-state index in [2.05, 4.69) is 31.7 Å². The Morgan fingerprint density at radius 3 is 2.55 bits per heavy atom. The first-order valence-electron chi connectivity index (χ1n) is 8.58. The lowest BCUT2D eigenvalue weighted by Gasteiger charge is -2.40. The molecule has 122 valence electrons. The highest BCUT2D eigenvalue weighted by atomic mass is 16.5. The maximum atomic E-state index is 12.1. The van der Waals surface area contributed by atoms with Crippen LogP contribution in [-0.4, -0.2) is 37.1 Å². The van der Waals surface area contributed by atoms with Gasteiger partial charge in [0.05, 0.1) is 12.7 Å². The molecular weight excluding hydrogens is 274 g/mol. The number of hydrogen-bond donors (Lipinski definition) is 0. The average Bonchev–Trinajstić information content (AvgIpc) is 2.54. The third-order valence-corrected chi connectivity index (χ3v) is 4.83. The highest BCUT2D eigenvalue weighted by Crippen LogP contribution is 2.37. The number of methoxy groups -OCH3 is 1. The van der Waals surface area contributed by atoms with Crippen molar-refractivity contribution >= 4 is 5.97 Å². The topological polar surface area (TPSA) is 29.5 Å². The molecule has 0 fully saturated rings. The van der Waals surface area contributed by atoms with Gasteiger partial charge in [-0.25, -0.2) is 4.79 Å². The van der Waals surface area contributed by atoms with Gasteiger partial charge in [0.15, 0.2) is 0 Å². The Morgan fingerprint density at radius 1 is 1.27 bits per heavy atom. The van der Waals surface area contributed by atoms with Gasteiger partial charge in [-0.05, 0) is 61.9 Å². The molecule has 0 saturated heterocycles. The number of benzene rings is 1. The molecule has 0 aliphatic heterocycles. The van der Waals surface area contributed by atoms with Crippen molar-refractivity contribution in [1.29, 1.82) is 0 Å². The van der Waals surface area contributed by atoms with Crippen LogP contribution in [0.25, 0.3) is 0 Å². The van der Waals surface area contributed by atoms with Crippen molar-refractivity contribution in [3.05, 3.63) is 34.9 Å². The number of rotatable bonds is 6. The predicted molar refractivity (Wildman–Crippen MR) is 90.5 cm³/mol. The van der Waals surface area contributed by atoms with Crippen LogP contribution in [-0.2, 0) is 11.2 Å². The molecule has 2 rings (SSSR count). The van der Waals surface area contributed by atoms with Gasteiger partial charge in [0.25, 0.3) is 0 Å². The van der Waals surface area contributed by atoms with E-state index in [4.69, 9.17) is 4.74 Å². The lowest BCUT2D eigenvalue weighted by atomic mass is 9.77. The number of carbonyl (C=O) groups excluding carboxylic acids is 1. The van der Waals surface area contributed by atoms with Crippen LogP contribution in [0.2, 0.25) is 0 Å². The van der Waals surface area contributed by atoms with Gasteiger partial charge in [0.2, 0.25) is 0 Å². The zero-order valence-corrected chi connectivity index (χ0v) is 14.4. The molecule has 0 bridgehead atoms. The molecule has 3 heteroatoms. The second-order valence-electron chi connectivity index (χ2n) is 6.30. The minimum absolute atomic E-state index is 0.207. The van der Waals surface area contributed by atoms with Gasteiger partial charge in [0.1, 0.15) is 0 Å². The standard InChI is InChI=1S/C19H29NO2/c1-5-12-20(13-6-2)17-11-10-15-8-7-9-16(19(21)22-4)18(15)14(17)3/h7-9,14,17H,5-6,10-13H2,1-4H3/t14-,17-/m0/s1. The van der Waals surface area contributed by atoms with Gasteiger partial charge in [-0.3, -0.25) is 4.90 Å². The average molecular weight is 303 g/mol. The molecule has 1 aromatic rings. The van der Waals surface area contributed by atoms with Gasteiger partial charge < -0.3 is 4.74 Å². The summed E-state index contributed by atoms with van der Waals surface area (Å²) in [5.41, 5.74) is 3.28. The first-order valence-corrected chi connectivity index (χ1v) is 8.58. The zero-order chi connectivity index (χ0) is 16.1. The molecule has 0 heterocycles. The van der Waals surface area contributed by atoms with Crippen LogP contribution in [0, 0.1) is 0 Å². The van der Waals surface area contributed by atoms with Crippen LogP contribution in [0.5, 0.6) is 0 Å². The van der Waals surface area contributed by atoms with E-state index in [1.54, 1.807) is 0 Å². The van der Waals surface area contributed by atoms with E-state index in [0.717, 1.165) is 25.1 Å². The molecule has 0 spiro atoms. The molecule has 1 aliphatic rings. The van der Waals surface area contributed by atoms with Crippen LogP contribution in [0.3, 0.4) is 0 Å². The monoisotopic (exact) mass is 303 g/mol. The molecular formula is C19H29NO2. The largest absolute Gasteiger partial charge is 0.465 e. The predicted octanol–water partition coefficient (Wildman–Crippen LogP) is 4.01. The Morgan fingerprint density at radius 2 is 1.95 bits per heavy atom. The summed E-state index contributed by atoms with van der Waals surface area (Å²) in [5.74, 6) is 0.166. The fourth-order valence-electron chi connectivity index (χ4n) is 3.92. The van der Waals surface area contributed by atoms with Crippen molar-refractivity contribution < 1.29 is 9.53 Å². The summed E-state index contributed by atoms with van der Waals surface area (Å²) in [6.45, 7) is 9.03. The van der Waals surface area contributed by atoms with Gasteiger partial charge in [-0.2, -0.15) is 0 Å². The summed E-state index contributed by atoms with van der Waals surface area (Å²) in [7, 11) is 1.47. The lowest BCUT2D eigenvalue weighted by molar-refractivity contribution is 0.0596. The number of ether oxygens (including phenoxy) is 1. The van der Waals surface area contributed by atoms with E-state index < -0.39 is 0 Å². The first-order chi connectivity index (χ1) is 10.6. The number of nitrogens with zero attached hydrogens (tertiary/aromatic N) is 1. The molecule has 0 saturated carbocycles. The van der Waals surface area contributed by atoms with Crippen molar-refractivity contribution in [2.24, 2.45) is 0 Å². The highest BCUT2D eigenvalue weighted by Gasteiger charge is 2.33. The lowest BCUT2D eigenvalue weighted by Crippen LogP contribution is -2.42. The third-order valence-electron chi connectivity index (χ3n) is 4.83. The molecule has 1 aromatic carbocycles. The van der Waals surface area contributed by atoms with E-state index in [1.807, 2.05) is 12.1 Å². The van der Waals surface area contributed by atoms with Gasteiger partial charge in [-0.15, -0.1) is 0 Å². The maximum absolute atomic E-state index is 12.1. The van der Waals surface area contributed by atoms with E-state index in [9.17, 15) is 4.79 Å². The summed E-state index contributed by atoms with van der Waals surface area (Å²) in [5, 5.41) is 0. The van der Waals surface area contributed by atoms with Crippen LogP contribution in [0.15, 0.2) is 18.2 Å². The molecule has 0 radical (unpaired) electrons. The second-order valence-corrected chi connectivity index (χ2v) is 6.30. The van der Waals surface area contributed by atoms with Crippen LogP contribution < -0.4 is 0 Å². The normalized spacial score (nSPS) is 20.8. The summed E-state index contributed by atoms with van der Waals surface area (Å²) >= 11 is 0. The van der Waals surface area contributed by atoms with Crippen molar-refractivity contribution in [2.75, 3.05) is 20.2 Å². The molecule has 22 heavy (non-hydrogen) atoms. The number of carbonyl (C=O) groups is 1. The minimum Gasteiger partial charge on any atom is -0.465 e. The van der Waals surface area contributed by atoms with Gasteiger partial charge in [-0.1, -0.05) is 32.9 Å². The highest BCUT2D eigenvalue weighted by molar-refractivity contribution is 5.91. The Hall–Kier alpha value is -1.35. The van der Waals surface area contributed by atoms with Gasteiger partial charge in [0, 0.05) is 6.04 Å². The molecule has 0 N–H and O–H groups in total. The van der Waals surface area contributed by atoms with Crippen LogP contribution in [0.4, 0.5) is 0 Å². The SMILES string of the molecule is CCCN(CCC)[C@H]1CCc2cccc(C(=O)OC)c2[C@H]1C. The first kappa shape index (κ1) is 17.0. The number of hydrogen-bond acceptors (Lipinski definition) is 3. The molecule has 2 atom stereocenters. The smallest absolute Gasteiger partial charge is 0.338 e. The summed E-state index contributed by atoms with van der Waals surface area (Å²) < 4.78 is 4.99. The van der Waals surface area contributed by atoms with E-state index in [1.165, 1.54) is 37.5 Å². The fourth-order valence-corrected chi connectivity index (χ4v) is 3.92. The summed E-state index contributed by atoms with van der Waals surface area (Å²) in [4.78, 5) is 14.7. The Labute approximate surface area is 134 Å². The van der Waals surface area contributed by atoms with Crippen molar-refractivity contribution in [3.63, 3.8) is 0 Å². The van der Waals surface area contributed by atoms with Crippen molar-refractivity contribution in [2.45, 2.75) is 58.4 Å². The molecule has 1 aliphatic carbocycles. The summed E-state index contributed by atoms with van der Waals surface area (Å²) in [6.07, 6.45) is 4.58.